The molecule has 73 valence electrons. The highest BCUT2D eigenvalue weighted by Crippen LogP contribution is 1.98. The lowest BCUT2D eigenvalue weighted by Crippen LogP contribution is -2.14. The second kappa shape index (κ2) is 9.01. The minimum Gasteiger partial charge on any atom is -0.353 e. The van der Waals surface area contributed by atoms with E-state index in [2.05, 4.69) is 13.3 Å². The van der Waals surface area contributed by atoms with Crippen molar-refractivity contribution in [2.24, 2.45) is 0 Å². The predicted octanol–water partition coefficient (Wildman–Crippen LogP) is 2.78. The van der Waals surface area contributed by atoms with Gasteiger partial charge in [0.1, 0.15) is 0 Å². The van der Waals surface area contributed by atoms with Crippen LogP contribution in [0.25, 0.3) is 0 Å². The summed E-state index contributed by atoms with van der Waals surface area (Å²) in [6.07, 6.45) is 5.35. The highest BCUT2D eigenvalue weighted by molar-refractivity contribution is 4.53. The molecule has 0 aromatic rings. The molecule has 1 radical (unpaired) electrons. The second-order valence-electron chi connectivity index (χ2n) is 2.86. The highest BCUT2D eigenvalue weighted by Gasteiger charge is 1.99. The first-order chi connectivity index (χ1) is 5.81. The monoisotopic (exact) mass is 173 g/mol. The van der Waals surface area contributed by atoms with Crippen molar-refractivity contribution in [3.63, 3.8) is 0 Å². The van der Waals surface area contributed by atoms with E-state index in [9.17, 15) is 0 Å². The molecule has 0 aliphatic carbocycles. The SMILES string of the molecule is C[CH]CCOC(C)OCCCC. The summed E-state index contributed by atoms with van der Waals surface area (Å²) >= 11 is 0. The van der Waals surface area contributed by atoms with Gasteiger partial charge in [0.05, 0.1) is 0 Å². The lowest BCUT2D eigenvalue weighted by Gasteiger charge is -2.13. The molecule has 0 aliphatic rings. The maximum atomic E-state index is 5.39. The van der Waals surface area contributed by atoms with Crippen LogP contribution in [0.1, 0.15) is 40.0 Å². The molecule has 1 unspecified atom stereocenters. The van der Waals surface area contributed by atoms with Gasteiger partial charge >= 0.3 is 0 Å². The van der Waals surface area contributed by atoms with Crippen molar-refractivity contribution in [1.29, 1.82) is 0 Å². The van der Waals surface area contributed by atoms with Crippen LogP contribution in [-0.4, -0.2) is 19.5 Å². The van der Waals surface area contributed by atoms with E-state index >= 15 is 0 Å². The third-order valence-electron chi connectivity index (χ3n) is 1.61. The average molecular weight is 173 g/mol. The lowest BCUT2D eigenvalue weighted by molar-refractivity contribution is -0.130. The fourth-order valence-corrected chi connectivity index (χ4v) is 0.794. The average Bonchev–Trinajstić information content (AvgIpc) is 2.06. The van der Waals surface area contributed by atoms with Crippen molar-refractivity contribution in [3.05, 3.63) is 6.42 Å². The molecule has 1 atom stereocenters. The van der Waals surface area contributed by atoms with Gasteiger partial charge in [-0.1, -0.05) is 20.3 Å². The molecule has 0 aromatic carbocycles. The Kier molecular flexibility index (Phi) is 8.95. The summed E-state index contributed by atoms with van der Waals surface area (Å²) in [7, 11) is 0. The molecule has 0 saturated carbocycles. The number of ether oxygens (including phenoxy) is 2. The molecule has 0 N–H and O–H groups in total. The summed E-state index contributed by atoms with van der Waals surface area (Å²) < 4.78 is 10.8. The van der Waals surface area contributed by atoms with Gasteiger partial charge < -0.3 is 9.47 Å². The van der Waals surface area contributed by atoms with E-state index in [4.69, 9.17) is 9.47 Å². The molecule has 2 heteroatoms. The molecule has 0 aromatic heterocycles. The highest BCUT2D eigenvalue weighted by atomic mass is 16.7. The maximum Gasteiger partial charge on any atom is 0.154 e. The van der Waals surface area contributed by atoms with Crippen LogP contribution in [0.3, 0.4) is 0 Å². The summed E-state index contributed by atoms with van der Waals surface area (Å²) in [4.78, 5) is 0. The molecule has 0 saturated heterocycles. The van der Waals surface area contributed by atoms with Crippen molar-refractivity contribution in [2.75, 3.05) is 13.2 Å². The summed E-state index contributed by atoms with van der Waals surface area (Å²) in [6.45, 7) is 7.72. The second-order valence-corrected chi connectivity index (χ2v) is 2.86. The van der Waals surface area contributed by atoms with E-state index in [1.54, 1.807) is 0 Å². The van der Waals surface area contributed by atoms with Crippen LogP contribution in [-0.2, 0) is 9.47 Å². The van der Waals surface area contributed by atoms with Gasteiger partial charge in [-0.2, -0.15) is 0 Å². The zero-order chi connectivity index (χ0) is 9.23. The van der Waals surface area contributed by atoms with E-state index in [1.165, 1.54) is 6.42 Å². The number of hydrogen-bond acceptors (Lipinski definition) is 2. The zero-order valence-corrected chi connectivity index (χ0v) is 8.51. The minimum atomic E-state index is -0.0449. The summed E-state index contributed by atoms with van der Waals surface area (Å²) in [6, 6.07) is 0. The molecule has 0 spiro atoms. The van der Waals surface area contributed by atoms with E-state index in [1.807, 2.05) is 13.8 Å². The Balaban J connectivity index is 3.04. The number of rotatable bonds is 8. The first-order valence-corrected chi connectivity index (χ1v) is 4.82. The Bertz CT molecular complexity index is 73.9. The molecule has 0 rings (SSSR count). The maximum absolute atomic E-state index is 5.39. The minimum absolute atomic E-state index is 0.0449. The van der Waals surface area contributed by atoms with Gasteiger partial charge in [0.25, 0.3) is 0 Å². The van der Waals surface area contributed by atoms with Crippen LogP contribution in [0.2, 0.25) is 0 Å². The van der Waals surface area contributed by atoms with Gasteiger partial charge in [0.15, 0.2) is 6.29 Å². The van der Waals surface area contributed by atoms with E-state index < -0.39 is 0 Å². The third kappa shape index (κ3) is 8.02. The smallest absolute Gasteiger partial charge is 0.154 e. The largest absolute Gasteiger partial charge is 0.353 e. The summed E-state index contributed by atoms with van der Waals surface area (Å²) in [5, 5.41) is 0. The third-order valence-corrected chi connectivity index (χ3v) is 1.61. The molecule has 0 bridgehead atoms. The molecule has 12 heavy (non-hydrogen) atoms. The molecular weight excluding hydrogens is 152 g/mol. The van der Waals surface area contributed by atoms with Gasteiger partial charge in [-0.15, -0.1) is 0 Å². The van der Waals surface area contributed by atoms with Gasteiger partial charge in [-0.3, -0.25) is 0 Å². The van der Waals surface area contributed by atoms with Crippen LogP contribution in [0.15, 0.2) is 0 Å². The Hall–Kier alpha value is -0.0800. The zero-order valence-electron chi connectivity index (χ0n) is 8.51. The summed E-state index contributed by atoms with van der Waals surface area (Å²) in [5.74, 6) is 0. The van der Waals surface area contributed by atoms with Gasteiger partial charge in [-0.25, -0.2) is 0 Å². The Labute approximate surface area is 76.3 Å². The van der Waals surface area contributed by atoms with Crippen molar-refractivity contribution >= 4 is 0 Å². The normalized spacial score (nSPS) is 11.0. The molecule has 0 aliphatic heterocycles. The number of hydrogen-bond donors (Lipinski definition) is 0. The fraction of sp³-hybridized carbons (Fsp3) is 0.900. The first-order valence-electron chi connectivity index (χ1n) is 4.82. The van der Waals surface area contributed by atoms with E-state index in [0.717, 1.165) is 26.1 Å². The molecule has 0 amide bonds. The summed E-state index contributed by atoms with van der Waals surface area (Å²) in [5.41, 5.74) is 0. The van der Waals surface area contributed by atoms with Gasteiger partial charge in [-0.05, 0) is 26.2 Å². The van der Waals surface area contributed by atoms with Gasteiger partial charge in [0.2, 0.25) is 0 Å². The fourth-order valence-electron chi connectivity index (χ4n) is 0.794. The molecule has 0 heterocycles. The first kappa shape index (κ1) is 11.9. The van der Waals surface area contributed by atoms with Crippen molar-refractivity contribution in [1.82, 2.24) is 0 Å². The molecule has 0 fully saturated rings. The standard InChI is InChI=1S/C10H21O2/c1-4-6-8-11-10(3)12-9-7-5-2/h4,10H,5-9H2,1-3H3. The lowest BCUT2D eigenvalue weighted by atomic mass is 10.4. The van der Waals surface area contributed by atoms with Crippen LogP contribution in [0.4, 0.5) is 0 Å². The van der Waals surface area contributed by atoms with Crippen molar-refractivity contribution < 1.29 is 9.47 Å². The van der Waals surface area contributed by atoms with Crippen LogP contribution in [0, 0.1) is 6.42 Å². The Morgan fingerprint density at radius 2 is 1.92 bits per heavy atom. The van der Waals surface area contributed by atoms with Gasteiger partial charge in [0, 0.05) is 13.2 Å². The quantitative estimate of drug-likeness (QED) is 0.415. The van der Waals surface area contributed by atoms with Crippen LogP contribution >= 0.6 is 0 Å². The van der Waals surface area contributed by atoms with E-state index in [0.29, 0.717) is 0 Å². The van der Waals surface area contributed by atoms with Crippen LogP contribution in [0.5, 0.6) is 0 Å². The predicted molar refractivity (Wildman–Crippen MR) is 50.9 cm³/mol. The van der Waals surface area contributed by atoms with E-state index in [-0.39, 0.29) is 6.29 Å². The Morgan fingerprint density at radius 3 is 2.50 bits per heavy atom. The Morgan fingerprint density at radius 1 is 1.25 bits per heavy atom. The van der Waals surface area contributed by atoms with Crippen LogP contribution < -0.4 is 0 Å². The van der Waals surface area contributed by atoms with Crippen molar-refractivity contribution in [3.8, 4) is 0 Å². The number of unbranched alkanes of at least 4 members (excludes halogenated alkanes) is 2. The molecule has 2 nitrogen and oxygen atoms in total. The topological polar surface area (TPSA) is 18.5 Å². The van der Waals surface area contributed by atoms with Crippen molar-refractivity contribution in [2.45, 2.75) is 46.3 Å². The molecular formula is C10H21O2.